The van der Waals surface area contributed by atoms with Crippen molar-refractivity contribution >= 4 is 17.6 Å². The highest BCUT2D eigenvalue weighted by atomic mass is 16.1. The third-order valence-electron chi connectivity index (χ3n) is 5.26. The number of nitrogens with zero attached hydrogens (tertiary/aromatic N) is 1. The fourth-order valence-corrected chi connectivity index (χ4v) is 3.85. The summed E-state index contributed by atoms with van der Waals surface area (Å²) in [5, 5.41) is 0. The number of likely N-dealkylation sites (tertiary alicyclic amines) is 1. The van der Waals surface area contributed by atoms with Gasteiger partial charge in [-0.15, -0.1) is 0 Å². The maximum Gasteiger partial charge on any atom is 0.179 e. The van der Waals surface area contributed by atoms with Crippen LogP contribution in [0.2, 0.25) is 0 Å². The monoisotopic (exact) mass is 361 g/mol. The smallest absolute Gasteiger partial charge is 0.179 e. The van der Waals surface area contributed by atoms with E-state index in [1.165, 1.54) is 0 Å². The van der Waals surface area contributed by atoms with Gasteiger partial charge in [-0.3, -0.25) is 14.5 Å². The topological polar surface area (TPSA) is 37.4 Å². The van der Waals surface area contributed by atoms with E-state index in [0.29, 0.717) is 6.42 Å². The molecule has 1 saturated heterocycles. The summed E-state index contributed by atoms with van der Waals surface area (Å²) in [7, 11) is 0. The van der Waals surface area contributed by atoms with E-state index >= 15 is 0 Å². The van der Waals surface area contributed by atoms with Crippen molar-refractivity contribution in [1.29, 1.82) is 0 Å². The van der Waals surface area contributed by atoms with Gasteiger partial charge >= 0.3 is 0 Å². The largest absolute Gasteiger partial charge is 0.293 e. The third kappa shape index (κ3) is 4.81. The molecule has 1 heterocycles. The number of benzene rings is 2. The molecule has 1 aliphatic heterocycles. The van der Waals surface area contributed by atoms with Crippen LogP contribution in [0, 0.1) is 0 Å². The lowest BCUT2D eigenvalue weighted by atomic mass is 9.92. The second kappa shape index (κ2) is 9.43. The van der Waals surface area contributed by atoms with Gasteiger partial charge in [-0.2, -0.15) is 0 Å². The lowest BCUT2D eigenvalue weighted by Gasteiger charge is -2.39. The first-order chi connectivity index (χ1) is 13.2. The number of Topliss-reactive ketones (excluding diaryl/α,β-unsaturated/α-hetero) is 1. The highest BCUT2D eigenvalue weighted by Gasteiger charge is 2.35. The van der Waals surface area contributed by atoms with Crippen LogP contribution in [0.1, 0.15) is 48.5 Å². The summed E-state index contributed by atoms with van der Waals surface area (Å²) < 4.78 is 0. The third-order valence-corrected chi connectivity index (χ3v) is 5.26. The highest BCUT2D eigenvalue weighted by Crippen LogP contribution is 2.24. The zero-order chi connectivity index (χ0) is 19.1. The molecule has 2 aromatic carbocycles. The molecule has 3 heteroatoms. The Morgan fingerprint density at radius 1 is 1.04 bits per heavy atom. The summed E-state index contributed by atoms with van der Waals surface area (Å²) in [5.41, 5.74) is 1.74. The summed E-state index contributed by atoms with van der Waals surface area (Å²) in [6.07, 6.45) is 7.14. The first-order valence-corrected chi connectivity index (χ1v) is 9.82. The predicted molar refractivity (Wildman–Crippen MR) is 110 cm³/mol. The van der Waals surface area contributed by atoms with Crippen molar-refractivity contribution in [2.75, 3.05) is 6.54 Å². The summed E-state index contributed by atoms with van der Waals surface area (Å²) in [6, 6.07) is 18.8. The summed E-state index contributed by atoms with van der Waals surface area (Å²) in [6.45, 7) is 2.83. The average molecular weight is 361 g/mol. The van der Waals surface area contributed by atoms with Crippen LogP contribution in [0.3, 0.4) is 0 Å². The molecule has 2 atom stereocenters. The van der Waals surface area contributed by atoms with Crippen molar-refractivity contribution in [2.45, 2.75) is 44.7 Å². The lowest BCUT2D eigenvalue weighted by molar-refractivity contribution is -0.121. The van der Waals surface area contributed by atoms with Crippen LogP contribution in [0.25, 0.3) is 6.08 Å². The average Bonchev–Trinajstić information content (AvgIpc) is 2.74. The first-order valence-electron chi connectivity index (χ1n) is 9.82. The first kappa shape index (κ1) is 19.2. The molecule has 0 saturated carbocycles. The van der Waals surface area contributed by atoms with Crippen molar-refractivity contribution in [2.24, 2.45) is 0 Å². The number of rotatable bonds is 7. The molecule has 0 bridgehead atoms. The minimum Gasteiger partial charge on any atom is -0.293 e. The summed E-state index contributed by atoms with van der Waals surface area (Å²) in [5.74, 6) is 0.211. The fourth-order valence-electron chi connectivity index (χ4n) is 3.85. The minimum atomic E-state index is -0.244. The quantitative estimate of drug-likeness (QED) is 0.526. The maximum atomic E-state index is 13.1. The molecule has 1 aliphatic rings. The van der Waals surface area contributed by atoms with E-state index in [2.05, 4.69) is 4.90 Å². The number of carbonyl (C=O) groups is 2. The van der Waals surface area contributed by atoms with E-state index in [-0.39, 0.29) is 23.7 Å². The molecule has 3 nitrogen and oxygen atoms in total. The normalized spacial score (nSPS) is 19.1. The van der Waals surface area contributed by atoms with Gasteiger partial charge in [0.05, 0.1) is 12.1 Å². The Labute approximate surface area is 161 Å². The number of carbonyl (C=O) groups excluding carboxylic acids is 2. The Balaban J connectivity index is 1.78. The minimum absolute atomic E-state index is 0.0952. The summed E-state index contributed by atoms with van der Waals surface area (Å²) in [4.78, 5) is 28.1. The Morgan fingerprint density at radius 2 is 1.70 bits per heavy atom. The van der Waals surface area contributed by atoms with Gasteiger partial charge < -0.3 is 0 Å². The van der Waals surface area contributed by atoms with Crippen LogP contribution in [0.15, 0.2) is 66.7 Å². The van der Waals surface area contributed by atoms with E-state index in [1.54, 1.807) is 6.08 Å². The Bertz CT molecular complexity index is 783. The predicted octanol–water partition coefficient (Wildman–Crippen LogP) is 4.78. The van der Waals surface area contributed by atoms with E-state index in [1.807, 2.05) is 73.7 Å². The van der Waals surface area contributed by atoms with Crippen molar-refractivity contribution in [1.82, 2.24) is 4.90 Å². The second-order valence-electron chi connectivity index (χ2n) is 7.05. The SMILES string of the molecule is CCC(C(=O)c1ccccc1)N1CCCCC1C(=O)C=Cc1ccccc1. The van der Waals surface area contributed by atoms with Gasteiger partial charge in [0.1, 0.15) is 0 Å². The molecule has 2 aromatic rings. The Hall–Kier alpha value is -2.52. The van der Waals surface area contributed by atoms with Gasteiger partial charge in [0, 0.05) is 5.56 Å². The van der Waals surface area contributed by atoms with Crippen LogP contribution >= 0.6 is 0 Å². The molecule has 27 heavy (non-hydrogen) atoms. The van der Waals surface area contributed by atoms with Gasteiger partial charge in [-0.1, -0.05) is 80.1 Å². The van der Waals surface area contributed by atoms with Crippen LogP contribution in [-0.2, 0) is 4.79 Å². The zero-order valence-electron chi connectivity index (χ0n) is 15.9. The summed E-state index contributed by atoms with van der Waals surface area (Å²) >= 11 is 0. The van der Waals surface area contributed by atoms with E-state index < -0.39 is 0 Å². The molecule has 1 fully saturated rings. The fraction of sp³-hybridized carbons (Fsp3) is 0.333. The molecule has 0 spiro atoms. The Morgan fingerprint density at radius 3 is 2.37 bits per heavy atom. The van der Waals surface area contributed by atoms with Gasteiger partial charge in [-0.05, 0) is 37.4 Å². The van der Waals surface area contributed by atoms with Crippen LogP contribution in [0.4, 0.5) is 0 Å². The number of hydrogen-bond donors (Lipinski definition) is 0. The van der Waals surface area contributed by atoms with Gasteiger partial charge in [0.15, 0.2) is 11.6 Å². The molecule has 0 amide bonds. The maximum absolute atomic E-state index is 13.1. The van der Waals surface area contributed by atoms with Crippen LogP contribution in [0.5, 0.6) is 0 Å². The number of hydrogen-bond acceptors (Lipinski definition) is 3. The second-order valence-corrected chi connectivity index (χ2v) is 7.05. The molecular formula is C24H27NO2. The molecule has 0 N–H and O–H groups in total. The van der Waals surface area contributed by atoms with Crippen LogP contribution < -0.4 is 0 Å². The van der Waals surface area contributed by atoms with Gasteiger partial charge in [0.25, 0.3) is 0 Å². The molecule has 0 aliphatic carbocycles. The standard InChI is InChI=1S/C24H27NO2/c1-2-21(24(27)20-13-7-4-8-14-20)25-18-10-9-15-22(25)23(26)17-16-19-11-5-3-6-12-19/h3-8,11-14,16-17,21-22H,2,9-10,15,18H2,1H3. The molecular weight excluding hydrogens is 334 g/mol. The Kier molecular flexibility index (Phi) is 6.72. The van der Waals surface area contributed by atoms with Crippen molar-refractivity contribution in [3.05, 3.63) is 77.9 Å². The van der Waals surface area contributed by atoms with Gasteiger partial charge in [0.2, 0.25) is 0 Å². The zero-order valence-corrected chi connectivity index (χ0v) is 15.9. The molecule has 3 rings (SSSR count). The lowest BCUT2D eigenvalue weighted by Crippen LogP contribution is -2.52. The van der Waals surface area contributed by atoms with E-state index in [0.717, 1.165) is 36.9 Å². The molecule has 0 aromatic heterocycles. The van der Waals surface area contributed by atoms with Crippen molar-refractivity contribution < 1.29 is 9.59 Å². The van der Waals surface area contributed by atoms with Gasteiger partial charge in [-0.25, -0.2) is 0 Å². The van der Waals surface area contributed by atoms with Crippen LogP contribution in [-0.4, -0.2) is 35.1 Å². The highest BCUT2D eigenvalue weighted by molar-refractivity contribution is 6.01. The van der Waals surface area contributed by atoms with E-state index in [9.17, 15) is 9.59 Å². The number of ketones is 2. The molecule has 0 radical (unpaired) electrons. The van der Waals surface area contributed by atoms with Crippen molar-refractivity contribution in [3.63, 3.8) is 0 Å². The molecule has 140 valence electrons. The molecule has 2 unspecified atom stereocenters. The van der Waals surface area contributed by atoms with E-state index in [4.69, 9.17) is 0 Å². The van der Waals surface area contributed by atoms with Crippen molar-refractivity contribution in [3.8, 4) is 0 Å². The number of piperidine rings is 1.